The molecule has 1 fully saturated rings. The van der Waals surface area contributed by atoms with Crippen LogP contribution in [0.4, 0.5) is 5.69 Å². The minimum absolute atomic E-state index is 0.300. The van der Waals surface area contributed by atoms with Gasteiger partial charge in [0.25, 0.3) is 5.91 Å². The number of carbonyl (C=O) groups excluding carboxylic acids is 1. The summed E-state index contributed by atoms with van der Waals surface area (Å²) in [6, 6.07) is 14.8. The smallest absolute Gasteiger partial charge is 0.439 e. The van der Waals surface area contributed by atoms with E-state index in [9.17, 15) is 9.59 Å². The lowest BCUT2D eigenvalue weighted by atomic mass is 10.0. The number of aromatic nitrogens is 2. The van der Waals surface area contributed by atoms with Gasteiger partial charge in [0.2, 0.25) is 0 Å². The number of aromatic amines is 1. The van der Waals surface area contributed by atoms with Gasteiger partial charge in [-0.3, -0.25) is 14.3 Å². The highest BCUT2D eigenvalue weighted by Crippen LogP contribution is 2.35. The Bertz CT molecular complexity index is 1300. The van der Waals surface area contributed by atoms with Gasteiger partial charge in [-0.2, -0.15) is 11.8 Å². The van der Waals surface area contributed by atoms with Crippen molar-refractivity contribution in [3.8, 4) is 11.4 Å². The first kappa shape index (κ1) is 20.6. The number of nitrogens with zero attached hydrogens (tertiary/aromatic N) is 1. The summed E-state index contributed by atoms with van der Waals surface area (Å²) in [4.78, 5) is 27.0. The SMILES string of the molecule is O=C(Nc1cccc(-c2noc(=O)[nH]2)c1)c1oc2ccccc2c1CSC1CCCCC1. The maximum absolute atomic E-state index is 13.2. The molecule has 0 saturated heterocycles. The lowest BCUT2D eigenvalue weighted by Gasteiger charge is -2.20. The predicted octanol–water partition coefficient (Wildman–Crippen LogP) is 5.59. The number of anilines is 1. The molecular weight excluding hydrogens is 426 g/mol. The average Bonchev–Trinajstić information content (AvgIpc) is 3.42. The van der Waals surface area contributed by atoms with Crippen LogP contribution < -0.4 is 11.1 Å². The molecule has 0 spiro atoms. The fraction of sp³-hybridized carbons (Fsp3) is 0.292. The van der Waals surface area contributed by atoms with Crippen molar-refractivity contribution in [1.82, 2.24) is 10.1 Å². The van der Waals surface area contributed by atoms with E-state index in [1.807, 2.05) is 36.0 Å². The van der Waals surface area contributed by atoms with E-state index in [2.05, 4.69) is 20.0 Å². The summed E-state index contributed by atoms with van der Waals surface area (Å²) in [6.45, 7) is 0. The third kappa shape index (κ3) is 4.36. The first-order valence-corrected chi connectivity index (χ1v) is 11.8. The topological polar surface area (TPSA) is 101 Å². The van der Waals surface area contributed by atoms with Crippen LogP contribution in [0.15, 0.2) is 62.3 Å². The second-order valence-corrected chi connectivity index (χ2v) is 9.24. The molecule has 1 aliphatic carbocycles. The van der Waals surface area contributed by atoms with Gasteiger partial charge in [-0.25, -0.2) is 4.79 Å². The number of para-hydroxylation sites is 1. The molecule has 2 N–H and O–H groups in total. The highest BCUT2D eigenvalue weighted by atomic mass is 32.2. The van der Waals surface area contributed by atoms with Crippen LogP contribution in [0.2, 0.25) is 0 Å². The van der Waals surface area contributed by atoms with Crippen molar-refractivity contribution >= 4 is 34.3 Å². The average molecular weight is 450 g/mol. The van der Waals surface area contributed by atoms with Gasteiger partial charge in [0.15, 0.2) is 11.6 Å². The van der Waals surface area contributed by atoms with Crippen molar-refractivity contribution in [3.05, 3.63) is 70.4 Å². The van der Waals surface area contributed by atoms with Gasteiger partial charge in [0.05, 0.1) is 0 Å². The Morgan fingerprint density at radius 1 is 1.12 bits per heavy atom. The van der Waals surface area contributed by atoms with Crippen LogP contribution >= 0.6 is 11.8 Å². The fourth-order valence-corrected chi connectivity index (χ4v) is 5.50. The van der Waals surface area contributed by atoms with E-state index in [4.69, 9.17) is 4.42 Å². The van der Waals surface area contributed by atoms with Gasteiger partial charge in [-0.15, -0.1) is 0 Å². The molecule has 0 unspecified atom stereocenters. The number of fused-ring (bicyclic) bond motifs is 1. The number of nitrogens with one attached hydrogen (secondary N) is 2. The Balaban J connectivity index is 1.40. The Labute approximate surface area is 188 Å². The minimum atomic E-state index is -0.628. The fourth-order valence-electron chi connectivity index (χ4n) is 4.14. The number of hydrogen-bond donors (Lipinski definition) is 2. The molecule has 5 rings (SSSR count). The van der Waals surface area contributed by atoms with E-state index in [0.29, 0.717) is 33.7 Å². The zero-order valence-corrected chi connectivity index (χ0v) is 18.2. The molecule has 7 nitrogen and oxygen atoms in total. The van der Waals surface area contributed by atoms with E-state index < -0.39 is 5.76 Å². The van der Waals surface area contributed by atoms with Crippen LogP contribution in [0.5, 0.6) is 0 Å². The van der Waals surface area contributed by atoms with Crippen LogP contribution in [0.1, 0.15) is 48.2 Å². The molecule has 1 aliphatic rings. The highest BCUT2D eigenvalue weighted by molar-refractivity contribution is 7.99. The standard InChI is InChI=1S/C24H23N3O4S/c28-23(25-16-8-6-7-15(13-16)22-26-24(29)31-27-22)21-19(14-32-17-9-2-1-3-10-17)18-11-4-5-12-20(18)30-21/h4-8,11-13,17H,1-3,9-10,14H2,(H,25,28)(H,26,27,29). The van der Waals surface area contributed by atoms with Crippen molar-refractivity contribution in [3.63, 3.8) is 0 Å². The van der Waals surface area contributed by atoms with Gasteiger partial charge in [-0.1, -0.05) is 54.8 Å². The summed E-state index contributed by atoms with van der Waals surface area (Å²) < 4.78 is 10.6. The van der Waals surface area contributed by atoms with Crippen LogP contribution in [-0.2, 0) is 5.75 Å². The second kappa shape index (κ2) is 9.08. The number of furan rings is 1. The number of amides is 1. The second-order valence-electron chi connectivity index (χ2n) is 7.96. The molecule has 0 atom stereocenters. The zero-order chi connectivity index (χ0) is 21.9. The Morgan fingerprint density at radius 2 is 1.97 bits per heavy atom. The van der Waals surface area contributed by atoms with Crippen LogP contribution in [0, 0.1) is 0 Å². The van der Waals surface area contributed by atoms with Crippen molar-refractivity contribution in [1.29, 1.82) is 0 Å². The largest absolute Gasteiger partial charge is 0.451 e. The number of benzene rings is 2. The highest BCUT2D eigenvalue weighted by Gasteiger charge is 2.23. The zero-order valence-electron chi connectivity index (χ0n) is 17.4. The summed E-state index contributed by atoms with van der Waals surface area (Å²) >= 11 is 1.92. The summed E-state index contributed by atoms with van der Waals surface area (Å²) in [5.41, 5.74) is 2.85. The summed E-state index contributed by atoms with van der Waals surface area (Å²) in [7, 11) is 0. The number of rotatable bonds is 6. The Hall–Kier alpha value is -3.26. The molecule has 2 heterocycles. The van der Waals surface area contributed by atoms with Gasteiger partial charge in [0.1, 0.15) is 5.58 Å². The minimum Gasteiger partial charge on any atom is -0.451 e. The quantitative estimate of drug-likeness (QED) is 0.398. The van der Waals surface area contributed by atoms with Crippen LogP contribution in [-0.4, -0.2) is 21.3 Å². The van der Waals surface area contributed by atoms with E-state index in [1.54, 1.807) is 24.3 Å². The van der Waals surface area contributed by atoms with Crippen LogP contribution in [0.3, 0.4) is 0 Å². The van der Waals surface area contributed by atoms with Crippen LogP contribution in [0.25, 0.3) is 22.4 Å². The molecule has 1 amide bonds. The van der Waals surface area contributed by atoms with Gasteiger partial charge in [0, 0.05) is 33.2 Å². The molecule has 164 valence electrons. The van der Waals surface area contributed by atoms with Crippen molar-refractivity contribution in [2.24, 2.45) is 0 Å². The molecule has 0 aliphatic heterocycles. The Morgan fingerprint density at radius 3 is 2.78 bits per heavy atom. The van der Waals surface area contributed by atoms with Gasteiger partial charge < -0.3 is 9.73 Å². The third-order valence-corrected chi connectivity index (χ3v) is 7.15. The van der Waals surface area contributed by atoms with Crippen molar-refractivity contribution in [2.45, 2.75) is 43.1 Å². The number of hydrogen-bond acceptors (Lipinski definition) is 6. The van der Waals surface area contributed by atoms with E-state index in [0.717, 1.165) is 16.7 Å². The first-order valence-electron chi connectivity index (χ1n) is 10.8. The molecule has 1 saturated carbocycles. The normalized spacial score (nSPS) is 14.6. The number of thioether (sulfide) groups is 1. The van der Waals surface area contributed by atoms with Gasteiger partial charge in [-0.05, 0) is 31.0 Å². The predicted molar refractivity (Wildman–Crippen MR) is 125 cm³/mol. The first-order chi connectivity index (χ1) is 15.7. The summed E-state index contributed by atoms with van der Waals surface area (Å²) in [5.74, 6) is 0.460. The maximum Gasteiger partial charge on any atom is 0.439 e. The number of carbonyl (C=O) groups is 1. The molecule has 2 aromatic heterocycles. The lowest BCUT2D eigenvalue weighted by Crippen LogP contribution is -2.13. The molecule has 0 bridgehead atoms. The van der Waals surface area contributed by atoms with Gasteiger partial charge >= 0.3 is 5.76 Å². The molecular formula is C24H23N3O4S. The molecule has 4 aromatic rings. The van der Waals surface area contributed by atoms with Crippen molar-refractivity contribution < 1.29 is 13.7 Å². The van der Waals surface area contributed by atoms with E-state index in [-0.39, 0.29) is 5.91 Å². The molecule has 32 heavy (non-hydrogen) atoms. The third-order valence-electron chi connectivity index (χ3n) is 5.75. The molecule has 8 heteroatoms. The summed E-state index contributed by atoms with van der Waals surface area (Å²) in [5, 5.41) is 8.24. The maximum atomic E-state index is 13.2. The van der Waals surface area contributed by atoms with Crippen molar-refractivity contribution in [2.75, 3.05) is 5.32 Å². The molecule has 0 radical (unpaired) electrons. The summed E-state index contributed by atoms with van der Waals surface area (Å²) in [6.07, 6.45) is 6.35. The lowest BCUT2D eigenvalue weighted by molar-refractivity contribution is 0.0998. The number of H-pyrrole nitrogens is 1. The Kier molecular flexibility index (Phi) is 5.85. The van der Waals surface area contributed by atoms with E-state index >= 15 is 0 Å². The van der Waals surface area contributed by atoms with E-state index in [1.165, 1.54) is 32.1 Å². The molecule has 2 aromatic carbocycles. The monoisotopic (exact) mass is 449 g/mol.